The van der Waals surface area contributed by atoms with Crippen molar-refractivity contribution in [3.8, 4) is 11.5 Å². The molecule has 4 rings (SSSR count). The molecule has 160 valence electrons. The second kappa shape index (κ2) is 10.3. The third-order valence-corrected chi connectivity index (χ3v) is 5.40. The highest BCUT2D eigenvalue weighted by atomic mass is 16.5. The zero-order valence-electron chi connectivity index (χ0n) is 17.8. The number of nitrogens with one attached hydrogen (secondary N) is 2. The number of anilines is 1. The highest BCUT2D eigenvalue weighted by molar-refractivity contribution is 5.93. The summed E-state index contributed by atoms with van der Waals surface area (Å²) >= 11 is 0. The fourth-order valence-electron chi connectivity index (χ4n) is 3.80. The fourth-order valence-corrected chi connectivity index (χ4v) is 3.80. The lowest BCUT2D eigenvalue weighted by molar-refractivity contribution is 0.297. The van der Waals surface area contributed by atoms with Crippen LogP contribution >= 0.6 is 0 Å². The number of hydrogen-bond donors (Lipinski definition) is 2. The van der Waals surface area contributed by atoms with Gasteiger partial charge in [0.25, 0.3) is 0 Å². The molecule has 2 aromatic carbocycles. The highest BCUT2D eigenvalue weighted by Gasteiger charge is 2.12. The summed E-state index contributed by atoms with van der Waals surface area (Å²) in [7, 11) is 0. The topological polar surface area (TPSA) is 58.1 Å². The maximum atomic E-state index is 5.79. The minimum Gasteiger partial charge on any atom is -0.490 e. The first-order valence-corrected chi connectivity index (χ1v) is 11.1. The molecule has 30 heavy (non-hydrogen) atoms. The zero-order chi connectivity index (χ0) is 20.6. The van der Waals surface area contributed by atoms with E-state index in [1.807, 2.05) is 18.2 Å². The van der Waals surface area contributed by atoms with E-state index in [0.717, 1.165) is 42.7 Å². The molecule has 0 amide bonds. The predicted molar refractivity (Wildman–Crippen MR) is 121 cm³/mol. The molecule has 0 unspecified atom stereocenters. The summed E-state index contributed by atoms with van der Waals surface area (Å²) in [5.74, 6) is 2.34. The van der Waals surface area contributed by atoms with Gasteiger partial charge in [-0.1, -0.05) is 24.3 Å². The third kappa shape index (κ3) is 5.66. The van der Waals surface area contributed by atoms with E-state index in [0.29, 0.717) is 19.8 Å². The van der Waals surface area contributed by atoms with Crippen molar-refractivity contribution in [1.29, 1.82) is 0 Å². The number of likely N-dealkylation sites (tertiary alicyclic amines) is 1. The second-order valence-corrected chi connectivity index (χ2v) is 7.83. The molecule has 0 atom stereocenters. The Morgan fingerprint density at radius 1 is 0.933 bits per heavy atom. The molecule has 1 saturated heterocycles. The van der Waals surface area contributed by atoms with Crippen LogP contribution in [0, 0.1) is 0 Å². The summed E-state index contributed by atoms with van der Waals surface area (Å²) in [4.78, 5) is 7.28. The van der Waals surface area contributed by atoms with E-state index in [9.17, 15) is 0 Å². The van der Waals surface area contributed by atoms with Gasteiger partial charge in [0.1, 0.15) is 0 Å². The number of guanidine groups is 1. The Hall–Kier alpha value is -2.73. The maximum absolute atomic E-state index is 5.79. The monoisotopic (exact) mass is 408 g/mol. The fraction of sp³-hybridized carbons (Fsp3) is 0.458. The molecule has 2 heterocycles. The Balaban J connectivity index is 1.38. The highest BCUT2D eigenvalue weighted by Crippen LogP contribution is 2.32. The van der Waals surface area contributed by atoms with Crippen molar-refractivity contribution in [1.82, 2.24) is 10.2 Å². The van der Waals surface area contributed by atoms with Gasteiger partial charge in [-0.2, -0.15) is 0 Å². The van der Waals surface area contributed by atoms with Crippen LogP contribution in [0.4, 0.5) is 5.69 Å². The van der Waals surface area contributed by atoms with Gasteiger partial charge < -0.3 is 20.1 Å². The number of nitrogens with zero attached hydrogens (tertiary/aromatic N) is 2. The summed E-state index contributed by atoms with van der Waals surface area (Å²) in [6.07, 6.45) is 3.56. The molecule has 0 spiro atoms. The minimum absolute atomic E-state index is 0.629. The maximum Gasteiger partial charge on any atom is 0.196 e. The van der Waals surface area contributed by atoms with Crippen LogP contribution in [0.2, 0.25) is 0 Å². The van der Waals surface area contributed by atoms with E-state index in [1.165, 1.54) is 37.1 Å². The van der Waals surface area contributed by atoms with Crippen LogP contribution in [-0.2, 0) is 13.1 Å². The lowest BCUT2D eigenvalue weighted by Crippen LogP contribution is -2.30. The van der Waals surface area contributed by atoms with Crippen LogP contribution in [0.15, 0.2) is 47.5 Å². The van der Waals surface area contributed by atoms with Gasteiger partial charge in [-0.25, -0.2) is 4.99 Å². The van der Waals surface area contributed by atoms with E-state index >= 15 is 0 Å². The van der Waals surface area contributed by atoms with Crippen LogP contribution in [0.3, 0.4) is 0 Å². The van der Waals surface area contributed by atoms with Crippen LogP contribution in [0.1, 0.15) is 37.3 Å². The summed E-state index contributed by atoms with van der Waals surface area (Å²) in [6.45, 7) is 8.37. The summed E-state index contributed by atoms with van der Waals surface area (Å²) < 4.78 is 11.5. The molecule has 2 aliphatic heterocycles. The van der Waals surface area contributed by atoms with Crippen molar-refractivity contribution in [2.75, 3.05) is 38.2 Å². The van der Waals surface area contributed by atoms with Gasteiger partial charge in [-0.3, -0.25) is 4.90 Å². The molecule has 0 bridgehead atoms. The Morgan fingerprint density at radius 3 is 2.43 bits per heavy atom. The molecule has 6 heteroatoms. The normalized spacial score (nSPS) is 16.9. The van der Waals surface area contributed by atoms with Crippen molar-refractivity contribution < 1.29 is 9.47 Å². The van der Waals surface area contributed by atoms with Gasteiger partial charge in [0.05, 0.1) is 19.8 Å². The lowest BCUT2D eigenvalue weighted by Gasteiger charge is -2.15. The number of aliphatic imine (C=N–C) groups is 1. The number of ether oxygens (including phenoxy) is 2. The summed E-state index contributed by atoms with van der Waals surface area (Å²) in [5.41, 5.74) is 3.51. The van der Waals surface area contributed by atoms with Crippen LogP contribution < -0.4 is 20.1 Å². The minimum atomic E-state index is 0.629. The van der Waals surface area contributed by atoms with Gasteiger partial charge in [0.2, 0.25) is 0 Å². The first-order valence-electron chi connectivity index (χ1n) is 11.1. The quantitative estimate of drug-likeness (QED) is 0.558. The number of hydrogen-bond acceptors (Lipinski definition) is 4. The SMILES string of the molecule is CCNC(=NCc1ccc(CN2CCCC2)cc1)Nc1ccc2c(c1)OCCCO2. The largest absolute Gasteiger partial charge is 0.490 e. The molecule has 0 aliphatic carbocycles. The van der Waals surface area contributed by atoms with Gasteiger partial charge in [-0.15, -0.1) is 0 Å². The van der Waals surface area contributed by atoms with E-state index in [2.05, 4.69) is 46.7 Å². The van der Waals surface area contributed by atoms with Crippen LogP contribution in [0.25, 0.3) is 0 Å². The average molecular weight is 409 g/mol. The third-order valence-electron chi connectivity index (χ3n) is 5.40. The molecule has 2 N–H and O–H groups in total. The first-order chi connectivity index (χ1) is 14.8. The standard InChI is InChI=1S/C24H32N4O2/c1-2-25-24(27-21-10-11-22-23(16-21)30-15-5-14-29-22)26-17-19-6-8-20(9-7-19)18-28-12-3-4-13-28/h6-11,16H,2-5,12-15,17-18H2,1H3,(H2,25,26,27). The molecular weight excluding hydrogens is 376 g/mol. The molecule has 0 radical (unpaired) electrons. The molecule has 2 aliphatic rings. The zero-order valence-corrected chi connectivity index (χ0v) is 17.8. The van der Waals surface area contributed by atoms with Crippen LogP contribution in [-0.4, -0.2) is 43.7 Å². The molecule has 0 aromatic heterocycles. The summed E-state index contributed by atoms with van der Waals surface area (Å²) in [6, 6.07) is 14.7. The van der Waals surface area contributed by atoms with Gasteiger partial charge >= 0.3 is 0 Å². The van der Waals surface area contributed by atoms with E-state index < -0.39 is 0 Å². The van der Waals surface area contributed by atoms with Crippen molar-refractivity contribution in [3.05, 3.63) is 53.6 Å². The second-order valence-electron chi connectivity index (χ2n) is 7.83. The number of fused-ring (bicyclic) bond motifs is 1. The first kappa shape index (κ1) is 20.5. The smallest absolute Gasteiger partial charge is 0.196 e. The molecular formula is C24H32N4O2. The van der Waals surface area contributed by atoms with Crippen LogP contribution in [0.5, 0.6) is 11.5 Å². The Morgan fingerprint density at radius 2 is 1.67 bits per heavy atom. The molecule has 0 saturated carbocycles. The number of rotatable bonds is 6. The van der Waals surface area contributed by atoms with Crippen molar-refractivity contribution >= 4 is 11.6 Å². The average Bonchev–Trinajstić information content (AvgIpc) is 3.16. The van der Waals surface area contributed by atoms with Crippen molar-refractivity contribution in [2.45, 2.75) is 39.3 Å². The molecule has 6 nitrogen and oxygen atoms in total. The lowest BCUT2D eigenvalue weighted by atomic mass is 10.1. The van der Waals surface area contributed by atoms with Gasteiger partial charge in [0, 0.05) is 31.3 Å². The van der Waals surface area contributed by atoms with Crippen molar-refractivity contribution in [3.63, 3.8) is 0 Å². The van der Waals surface area contributed by atoms with Gasteiger partial charge in [0.15, 0.2) is 17.5 Å². The molecule has 2 aromatic rings. The predicted octanol–water partition coefficient (Wildman–Crippen LogP) is 4.02. The Kier molecular flexibility index (Phi) is 7.08. The van der Waals surface area contributed by atoms with Gasteiger partial charge in [-0.05, 0) is 56.1 Å². The van der Waals surface area contributed by atoms with E-state index in [1.54, 1.807) is 0 Å². The van der Waals surface area contributed by atoms with E-state index in [-0.39, 0.29) is 0 Å². The number of benzene rings is 2. The Bertz CT molecular complexity index is 845. The molecule has 1 fully saturated rings. The Labute approximate surface area is 179 Å². The van der Waals surface area contributed by atoms with E-state index in [4.69, 9.17) is 14.5 Å². The summed E-state index contributed by atoms with van der Waals surface area (Å²) in [5, 5.41) is 6.69. The van der Waals surface area contributed by atoms with Crippen molar-refractivity contribution in [2.24, 2.45) is 4.99 Å².